The third-order valence-corrected chi connectivity index (χ3v) is 3.75. The Kier molecular flexibility index (Phi) is 3.65. The Bertz CT molecular complexity index is 336. The second-order valence-electron chi connectivity index (χ2n) is 5.41. The van der Waals surface area contributed by atoms with Crippen LogP contribution < -0.4 is 5.73 Å². The van der Waals surface area contributed by atoms with Crippen molar-refractivity contribution in [1.82, 2.24) is 0 Å². The predicted molar refractivity (Wildman–Crippen MR) is 69.6 cm³/mol. The highest BCUT2D eigenvalue weighted by molar-refractivity contribution is 5.29. The van der Waals surface area contributed by atoms with Gasteiger partial charge in [-0.05, 0) is 44.6 Å². The van der Waals surface area contributed by atoms with Gasteiger partial charge in [0.2, 0.25) is 0 Å². The van der Waals surface area contributed by atoms with Gasteiger partial charge in [0.25, 0.3) is 0 Å². The molecule has 1 aromatic rings. The van der Waals surface area contributed by atoms with Crippen LogP contribution in [0, 0.1) is 19.8 Å². The van der Waals surface area contributed by atoms with Gasteiger partial charge in [0.1, 0.15) is 0 Å². The summed E-state index contributed by atoms with van der Waals surface area (Å²) in [6, 6.07) is 7.29. The summed E-state index contributed by atoms with van der Waals surface area (Å²) in [6.07, 6.45) is 6.39. The summed E-state index contributed by atoms with van der Waals surface area (Å²) in [5, 5.41) is 0. The lowest BCUT2D eigenvalue weighted by atomic mass is 9.81. The number of nitrogens with two attached hydrogens (primary N) is 1. The van der Waals surface area contributed by atoms with E-state index in [1.165, 1.54) is 48.8 Å². The van der Waals surface area contributed by atoms with Crippen molar-refractivity contribution >= 4 is 0 Å². The maximum atomic E-state index is 6.20. The molecule has 1 saturated carbocycles. The minimum absolute atomic E-state index is 0.426. The molecule has 1 aromatic carbocycles. The van der Waals surface area contributed by atoms with E-state index in [1.807, 2.05) is 0 Å². The van der Waals surface area contributed by atoms with Crippen LogP contribution >= 0.6 is 0 Å². The first-order valence-corrected chi connectivity index (χ1v) is 6.48. The Hall–Kier alpha value is -0.820. The molecule has 1 heteroatoms. The van der Waals surface area contributed by atoms with E-state index in [0.29, 0.717) is 12.0 Å². The van der Waals surface area contributed by atoms with E-state index in [-0.39, 0.29) is 0 Å². The lowest BCUT2D eigenvalue weighted by Crippen LogP contribution is -2.34. The lowest BCUT2D eigenvalue weighted by molar-refractivity contribution is 0.306. The highest BCUT2D eigenvalue weighted by atomic mass is 14.7. The van der Waals surface area contributed by atoms with Gasteiger partial charge in [-0.1, -0.05) is 42.2 Å². The molecule has 0 radical (unpaired) electrons. The number of hydrogen-bond acceptors (Lipinski definition) is 1. The predicted octanol–water partition coefficient (Wildman–Crippen LogP) is 3.36. The van der Waals surface area contributed by atoms with Crippen LogP contribution in [0.2, 0.25) is 0 Å². The number of rotatable bonds is 2. The molecule has 0 saturated heterocycles. The summed E-state index contributed by atoms with van der Waals surface area (Å²) in [5.41, 5.74) is 10.4. The van der Waals surface area contributed by atoms with Gasteiger partial charge in [0, 0.05) is 6.04 Å². The average molecular weight is 217 g/mol. The normalized spacial score (nSPS) is 25.7. The van der Waals surface area contributed by atoms with Crippen molar-refractivity contribution in [3.05, 3.63) is 34.9 Å². The molecule has 0 amide bonds. The lowest BCUT2D eigenvalue weighted by Gasteiger charge is -2.28. The van der Waals surface area contributed by atoms with E-state index in [9.17, 15) is 0 Å². The fourth-order valence-electron chi connectivity index (χ4n) is 2.98. The molecule has 88 valence electrons. The monoisotopic (exact) mass is 217 g/mol. The quantitative estimate of drug-likeness (QED) is 0.807. The van der Waals surface area contributed by atoms with Gasteiger partial charge >= 0.3 is 0 Å². The minimum Gasteiger partial charge on any atom is -0.327 e. The number of hydrogen-bond donors (Lipinski definition) is 1. The van der Waals surface area contributed by atoms with Gasteiger partial charge in [-0.2, -0.15) is 0 Å². The molecular weight excluding hydrogens is 194 g/mol. The van der Waals surface area contributed by atoms with Crippen LogP contribution in [0.25, 0.3) is 0 Å². The van der Waals surface area contributed by atoms with Gasteiger partial charge in [0.15, 0.2) is 0 Å². The first kappa shape index (κ1) is 11.7. The van der Waals surface area contributed by atoms with Crippen LogP contribution in [0.3, 0.4) is 0 Å². The molecule has 2 atom stereocenters. The summed E-state index contributed by atoms with van der Waals surface area (Å²) in [4.78, 5) is 0. The van der Waals surface area contributed by atoms with Crippen molar-refractivity contribution in [3.8, 4) is 0 Å². The van der Waals surface area contributed by atoms with Crippen LogP contribution in [-0.4, -0.2) is 6.04 Å². The van der Waals surface area contributed by atoms with Crippen LogP contribution in [0.15, 0.2) is 18.2 Å². The topological polar surface area (TPSA) is 26.0 Å². The molecule has 2 unspecified atom stereocenters. The molecule has 0 bridgehead atoms. The SMILES string of the molecule is Cc1cc(C)cc(CC2CCCCC2N)c1. The average Bonchev–Trinajstić information content (AvgIpc) is 2.20. The van der Waals surface area contributed by atoms with E-state index in [2.05, 4.69) is 32.0 Å². The molecule has 16 heavy (non-hydrogen) atoms. The van der Waals surface area contributed by atoms with E-state index in [1.54, 1.807) is 0 Å². The first-order chi connectivity index (χ1) is 7.65. The van der Waals surface area contributed by atoms with Crippen molar-refractivity contribution in [1.29, 1.82) is 0 Å². The van der Waals surface area contributed by atoms with Crippen LogP contribution in [0.5, 0.6) is 0 Å². The fourth-order valence-corrected chi connectivity index (χ4v) is 2.98. The maximum Gasteiger partial charge on any atom is 0.00703 e. The minimum atomic E-state index is 0.426. The molecule has 0 aromatic heterocycles. The number of benzene rings is 1. The van der Waals surface area contributed by atoms with E-state index in [4.69, 9.17) is 5.73 Å². The highest BCUT2D eigenvalue weighted by Gasteiger charge is 2.21. The molecule has 1 aliphatic carbocycles. The van der Waals surface area contributed by atoms with Crippen molar-refractivity contribution in [2.75, 3.05) is 0 Å². The van der Waals surface area contributed by atoms with Crippen molar-refractivity contribution < 1.29 is 0 Å². The zero-order valence-electron chi connectivity index (χ0n) is 10.5. The van der Waals surface area contributed by atoms with Gasteiger partial charge in [-0.15, -0.1) is 0 Å². The standard InChI is InChI=1S/C15H23N/c1-11-7-12(2)9-13(8-11)10-14-5-3-4-6-15(14)16/h7-9,14-15H,3-6,10,16H2,1-2H3. The molecular formula is C15H23N. The molecule has 2 N–H and O–H groups in total. The summed E-state index contributed by atoms with van der Waals surface area (Å²) in [6.45, 7) is 4.36. The van der Waals surface area contributed by atoms with Gasteiger partial charge in [-0.25, -0.2) is 0 Å². The van der Waals surface area contributed by atoms with Crippen molar-refractivity contribution in [2.24, 2.45) is 11.7 Å². The number of aryl methyl sites for hydroxylation is 2. The second-order valence-corrected chi connectivity index (χ2v) is 5.41. The molecule has 1 nitrogen and oxygen atoms in total. The Balaban J connectivity index is 2.07. The molecule has 0 spiro atoms. The third kappa shape index (κ3) is 2.85. The van der Waals surface area contributed by atoms with Gasteiger partial charge in [-0.3, -0.25) is 0 Å². The first-order valence-electron chi connectivity index (χ1n) is 6.48. The Morgan fingerprint density at radius 1 is 1.06 bits per heavy atom. The van der Waals surface area contributed by atoms with Gasteiger partial charge < -0.3 is 5.73 Å². The summed E-state index contributed by atoms with van der Waals surface area (Å²) >= 11 is 0. The summed E-state index contributed by atoms with van der Waals surface area (Å²) in [5.74, 6) is 0.704. The molecule has 2 rings (SSSR count). The Morgan fingerprint density at radius 3 is 2.31 bits per heavy atom. The van der Waals surface area contributed by atoms with E-state index >= 15 is 0 Å². The molecule has 0 aliphatic heterocycles. The zero-order chi connectivity index (χ0) is 11.5. The highest BCUT2D eigenvalue weighted by Crippen LogP contribution is 2.26. The molecule has 1 fully saturated rings. The van der Waals surface area contributed by atoms with Crippen molar-refractivity contribution in [2.45, 2.75) is 52.0 Å². The molecule has 0 heterocycles. The summed E-state index contributed by atoms with van der Waals surface area (Å²) < 4.78 is 0. The van der Waals surface area contributed by atoms with Crippen molar-refractivity contribution in [3.63, 3.8) is 0 Å². The zero-order valence-corrected chi connectivity index (χ0v) is 10.5. The van der Waals surface area contributed by atoms with Crippen LogP contribution in [0.1, 0.15) is 42.4 Å². The van der Waals surface area contributed by atoms with E-state index in [0.717, 1.165) is 0 Å². The Labute approximate surface area is 99.0 Å². The third-order valence-electron chi connectivity index (χ3n) is 3.75. The fraction of sp³-hybridized carbons (Fsp3) is 0.600. The second kappa shape index (κ2) is 5.01. The maximum absolute atomic E-state index is 6.20. The smallest absolute Gasteiger partial charge is 0.00703 e. The van der Waals surface area contributed by atoms with Crippen LogP contribution in [-0.2, 0) is 6.42 Å². The largest absolute Gasteiger partial charge is 0.327 e. The van der Waals surface area contributed by atoms with Crippen LogP contribution in [0.4, 0.5) is 0 Å². The summed E-state index contributed by atoms with van der Waals surface area (Å²) in [7, 11) is 0. The Morgan fingerprint density at radius 2 is 1.69 bits per heavy atom. The van der Waals surface area contributed by atoms with Gasteiger partial charge in [0.05, 0.1) is 0 Å². The molecule has 1 aliphatic rings. The van der Waals surface area contributed by atoms with E-state index < -0.39 is 0 Å².